The molecule has 1 saturated carbocycles. The fourth-order valence-electron chi connectivity index (χ4n) is 9.05. The first kappa shape index (κ1) is 37.3. The number of alkyl halides is 3. The molecule has 0 radical (unpaired) electrons. The molecule has 3 heterocycles. The lowest BCUT2D eigenvalue weighted by Gasteiger charge is -2.50. The van der Waals surface area contributed by atoms with Gasteiger partial charge >= 0.3 is 6.18 Å². The van der Waals surface area contributed by atoms with Crippen LogP contribution in [-0.2, 0) is 30.8 Å². The quantitative estimate of drug-likeness (QED) is 0.142. The summed E-state index contributed by atoms with van der Waals surface area (Å²) in [6, 6.07) is 18.4. The van der Waals surface area contributed by atoms with E-state index in [4.69, 9.17) is 27.9 Å². The van der Waals surface area contributed by atoms with Crippen LogP contribution in [0.1, 0.15) is 41.0 Å². The van der Waals surface area contributed by atoms with Gasteiger partial charge in [-0.25, -0.2) is 4.98 Å². The molecule has 3 fully saturated rings. The number of benzene rings is 3. The largest absolute Gasteiger partial charge is 0.504 e. The molecule has 0 spiro atoms. The number of amides is 4. The van der Waals surface area contributed by atoms with Crippen LogP contribution >= 0.6 is 23.2 Å². The van der Waals surface area contributed by atoms with E-state index in [1.165, 1.54) is 18.1 Å². The number of rotatable bonds is 7. The first-order valence-corrected chi connectivity index (χ1v) is 18.3. The maximum atomic E-state index is 15.3. The van der Waals surface area contributed by atoms with Gasteiger partial charge in [-0.1, -0.05) is 77.8 Å². The van der Waals surface area contributed by atoms with Crippen molar-refractivity contribution in [3.8, 4) is 11.5 Å². The molecule has 6 atom stereocenters. The van der Waals surface area contributed by atoms with Crippen molar-refractivity contribution in [3.05, 3.63) is 130 Å². The molecule has 15 heteroatoms. The number of hydrogen-bond donors (Lipinski definition) is 2. The lowest BCUT2D eigenvalue weighted by atomic mass is 9.49. The third-order valence-corrected chi connectivity index (χ3v) is 12.0. The number of fused-ring (bicyclic) bond motifs is 4. The smallest absolute Gasteiger partial charge is 0.417 e. The Balaban J connectivity index is 1.31. The van der Waals surface area contributed by atoms with Crippen LogP contribution in [0.4, 0.5) is 24.7 Å². The molecule has 4 aromatic rings. The maximum Gasteiger partial charge on any atom is 0.417 e. The van der Waals surface area contributed by atoms with E-state index >= 15 is 4.79 Å². The number of hydrogen-bond acceptors (Lipinski definition) is 8. The van der Waals surface area contributed by atoms with Crippen LogP contribution in [0.3, 0.4) is 0 Å². The topological polar surface area (TPSA) is 129 Å². The fourth-order valence-corrected chi connectivity index (χ4v) is 9.38. The van der Waals surface area contributed by atoms with Crippen molar-refractivity contribution in [2.75, 3.05) is 17.4 Å². The molecule has 10 nitrogen and oxygen atoms in total. The number of imide groups is 2. The summed E-state index contributed by atoms with van der Waals surface area (Å²) in [6.45, 7) is 3.76. The number of nitrogens with zero attached hydrogens (tertiary/aromatic N) is 3. The maximum absolute atomic E-state index is 15.3. The van der Waals surface area contributed by atoms with Crippen LogP contribution in [0, 0.1) is 23.7 Å². The molecule has 2 N–H and O–H groups in total. The lowest BCUT2D eigenvalue weighted by Crippen LogP contribution is -2.53. The van der Waals surface area contributed by atoms with Gasteiger partial charge in [0.05, 0.1) is 46.6 Å². The van der Waals surface area contributed by atoms with Gasteiger partial charge in [0.2, 0.25) is 11.8 Å². The first-order valence-electron chi connectivity index (χ1n) is 17.5. The number of aromatic hydroxyl groups is 1. The predicted octanol–water partition coefficient (Wildman–Crippen LogP) is 7.95. The summed E-state index contributed by atoms with van der Waals surface area (Å²) in [5.74, 6) is -7.43. The minimum absolute atomic E-state index is 0.0550. The van der Waals surface area contributed by atoms with Crippen LogP contribution in [0.15, 0.2) is 97.2 Å². The van der Waals surface area contributed by atoms with Gasteiger partial charge in [-0.2, -0.15) is 18.2 Å². The molecule has 0 bridgehead atoms. The Labute approximate surface area is 328 Å². The molecular formula is C41H31Cl2F3N4O6. The van der Waals surface area contributed by atoms with Crippen molar-refractivity contribution < 1.29 is 42.2 Å². The first-order chi connectivity index (χ1) is 26.7. The van der Waals surface area contributed by atoms with Crippen molar-refractivity contribution in [2.45, 2.75) is 30.4 Å². The van der Waals surface area contributed by atoms with E-state index in [2.05, 4.69) is 17.0 Å². The summed E-state index contributed by atoms with van der Waals surface area (Å²) in [4.78, 5) is 63.8. The van der Waals surface area contributed by atoms with E-state index in [-0.39, 0.29) is 36.1 Å². The third-order valence-electron chi connectivity index (χ3n) is 11.5. The van der Waals surface area contributed by atoms with E-state index in [0.29, 0.717) is 39.7 Å². The lowest BCUT2D eigenvalue weighted by molar-refractivity contribution is -0.139. The average Bonchev–Trinajstić information content (AvgIpc) is 3.56. The highest BCUT2D eigenvalue weighted by molar-refractivity contribution is 6.33. The van der Waals surface area contributed by atoms with Crippen LogP contribution < -0.4 is 15.1 Å². The van der Waals surface area contributed by atoms with E-state index < -0.39 is 69.5 Å². The van der Waals surface area contributed by atoms with Crippen molar-refractivity contribution >= 4 is 64.4 Å². The Morgan fingerprint density at radius 3 is 2.32 bits per heavy atom. The Kier molecular flexibility index (Phi) is 9.00. The number of ether oxygens (including phenoxy) is 1. The van der Waals surface area contributed by atoms with Gasteiger partial charge in [0.15, 0.2) is 17.3 Å². The molecule has 3 aromatic carbocycles. The standard InChI is InChI=1S/C41H31Cl2F3N4O6/c1-3-20-4-11-25(12-5-20)49-36(52)27-14-13-26-28(33(27)38(49)54)18-29-37(53)50(48-35-30(43)17-23(19-47-35)41(44,45)46)39(55)40(29,22-7-9-24(42)10-8-22)34(26)21-6-15-31(51)32(16-21)56-2/h3-13,15-17,19,27-29,33-34,51H,1,14,18H2,2H3,(H,47,48)/t27-,28+,29-,33-,34-,40+/m0/s1. The molecule has 8 rings (SSSR count). The van der Waals surface area contributed by atoms with Crippen LogP contribution in [0.5, 0.6) is 11.5 Å². The number of halogens is 5. The zero-order valence-corrected chi connectivity index (χ0v) is 30.9. The Bertz CT molecular complexity index is 2370. The summed E-state index contributed by atoms with van der Waals surface area (Å²) >= 11 is 12.6. The molecule has 2 aliphatic heterocycles. The Morgan fingerprint density at radius 2 is 1.68 bits per heavy atom. The predicted molar refractivity (Wildman–Crippen MR) is 201 cm³/mol. The SMILES string of the molecule is C=Cc1ccc(N2C(=O)[C@H]3[C@H](CC=C4[C@H]3C[C@H]3C(=O)N(Nc5ncc(C(F)(F)F)cc5Cl)C(=O)[C@@]3(c3ccc(Cl)cc3)[C@H]4c3ccc(O)c(OC)c3)C2=O)cc1. The zero-order valence-electron chi connectivity index (χ0n) is 29.4. The Hall–Kier alpha value is -5.66. The average molecular weight is 804 g/mol. The van der Waals surface area contributed by atoms with Crippen molar-refractivity contribution in [3.63, 3.8) is 0 Å². The van der Waals surface area contributed by atoms with Crippen LogP contribution in [-0.4, -0.2) is 45.8 Å². The second kappa shape index (κ2) is 13.5. The molecule has 2 saturated heterocycles. The number of aromatic nitrogens is 1. The number of anilines is 2. The highest BCUT2D eigenvalue weighted by Gasteiger charge is 2.70. The number of methoxy groups -OCH3 is 1. The highest BCUT2D eigenvalue weighted by Crippen LogP contribution is 2.64. The van der Waals surface area contributed by atoms with Crippen LogP contribution in [0.2, 0.25) is 10.0 Å². The minimum Gasteiger partial charge on any atom is -0.504 e. The normalized spacial score (nSPS) is 25.8. The van der Waals surface area contributed by atoms with Gasteiger partial charge < -0.3 is 9.84 Å². The molecule has 56 heavy (non-hydrogen) atoms. The monoisotopic (exact) mass is 802 g/mol. The highest BCUT2D eigenvalue weighted by atomic mass is 35.5. The van der Waals surface area contributed by atoms with Crippen molar-refractivity contribution in [2.24, 2.45) is 23.7 Å². The molecule has 1 aromatic heterocycles. The van der Waals surface area contributed by atoms with Crippen molar-refractivity contribution in [1.29, 1.82) is 0 Å². The number of allylic oxidation sites excluding steroid dienone is 2. The van der Waals surface area contributed by atoms with Crippen LogP contribution in [0.25, 0.3) is 6.08 Å². The molecule has 4 amide bonds. The van der Waals surface area contributed by atoms with E-state index in [1.807, 2.05) is 6.08 Å². The van der Waals surface area contributed by atoms with Gasteiger partial charge in [0.1, 0.15) is 0 Å². The second-order valence-corrected chi connectivity index (χ2v) is 15.0. The number of nitrogens with one attached hydrogen (secondary N) is 1. The minimum atomic E-state index is -4.76. The molecular weight excluding hydrogens is 772 g/mol. The van der Waals surface area contributed by atoms with Gasteiger partial charge in [0.25, 0.3) is 11.8 Å². The summed E-state index contributed by atoms with van der Waals surface area (Å²) < 4.78 is 46.0. The number of hydrazine groups is 1. The fraction of sp³-hybridized carbons (Fsp3) is 0.244. The zero-order chi connectivity index (χ0) is 39.8. The van der Waals surface area contributed by atoms with E-state index in [1.54, 1.807) is 66.7 Å². The van der Waals surface area contributed by atoms with Gasteiger partial charge in [0, 0.05) is 17.1 Å². The summed E-state index contributed by atoms with van der Waals surface area (Å²) in [6.07, 6.45) is -0.620. The number of phenolic OH excluding ortho intramolecular Hbond substituents is 1. The summed E-state index contributed by atoms with van der Waals surface area (Å²) in [5.41, 5.74) is 2.37. The van der Waals surface area contributed by atoms with Crippen molar-refractivity contribution in [1.82, 2.24) is 9.99 Å². The molecule has 0 unspecified atom stereocenters. The Morgan fingerprint density at radius 1 is 0.964 bits per heavy atom. The number of carbonyl (C=O) groups excluding carboxylic acids is 4. The molecule has 2 aliphatic carbocycles. The summed E-state index contributed by atoms with van der Waals surface area (Å²) in [7, 11) is 1.36. The third kappa shape index (κ3) is 5.58. The van der Waals surface area contributed by atoms with E-state index in [0.717, 1.165) is 10.6 Å². The molecule has 286 valence electrons. The number of pyridine rings is 1. The second-order valence-electron chi connectivity index (χ2n) is 14.2. The molecule has 4 aliphatic rings. The van der Waals surface area contributed by atoms with Gasteiger partial charge in [-0.15, -0.1) is 0 Å². The van der Waals surface area contributed by atoms with Gasteiger partial charge in [-0.05, 0) is 77.9 Å². The number of phenols is 1. The number of carbonyl (C=O) groups is 4. The summed E-state index contributed by atoms with van der Waals surface area (Å²) in [5, 5.41) is 11.2. The van der Waals surface area contributed by atoms with Gasteiger partial charge in [-0.3, -0.25) is 29.5 Å². The van der Waals surface area contributed by atoms with E-state index in [9.17, 15) is 32.7 Å².